The Bertz CT molecular complexity index is 481. The minimum atomic E-state index is -0.203. The van der Waals surface area contributed by atoms with Gasteiger partial charge in [-0.1, -0.05) is 65.0 Å². The van der Waals surface area contributed by atoms with E-state index in [1.54, 1.807) is 0 Å². The van der Waals surface area contributed by atoms with Crippen LogP contribution in [0.4, 0.5) is 0 Å². The first-order chi connectivity index (χ1) is 9.85. The number of rotatable bonds is 5. The summed E-state index contributed by atoms with van der Waals surface area (Å²) in [5.74, 6) is 0.608. The second kappa shape index (κ2) is 6.18. The fourth-order valence-corrected chi connectivity index (χ4v) is 2.82. The van der Waals surface area contributed by atoms with Crippen LogP contribution in [0.15, 0.2) is 30.3 Å². The molecule has 0 radical (unpaired) electrons. The van der Waals surface area contributed by atoms with E-state index >= 15 is 0 Å². The Balaban J connectivity index is 2.25. The Morgan fingerprint density at radius 1 is 1.24 bits per heavy atom. The normalized spacial score (nSPS) is 23.1. The average Bonchev–Trinajstić information content (AvgIpc) is 2.77. The van der Waals surface area contributed by atoms with E-state index in [4.69, 9.17) is 0 Å². The smallest absolute Gasteiger partial charge is 0.245 e. The SMILES string of the molecule is CCC(C)(C)CN1C(=O)C(c2ccccc2)NC1C(C)C. The number of benzene rings is 1. The molecule has 3 nitrogen and oxygen atoms in total. The highest BCUT2D eigenvalue weighted by Gasteiger charge is 2.42. The molecule has 0 aliphatic carbocycles. The molecule has 0 saturated carbocycles. The average molecular weight is 288 g/mol. The van der Waals surface area contributed by atoms with Crippen LogP contribution in [0.2, 0.25) is 0 Å². The molecule has 3 heteroatoms. The van der Waals surface area contributed by atoms with E-state index in [0.717, 1.165) is 18.5 Å². The quantitative estimate of drug-likeness (QED) is 0.898. The number of hydrogen-bond acceptors (Lipinski definition) is 2. The van der Waals surface area contributed by atoms with Gasteiger partial charge in [0.1, 0.15) is 6.04 Å². The molecule has 1 N–H and O–H groups in total. The minimum absolute atomic E-state index is 0.119. The Morgan fingerprint density at radius 3 is 2.38 bits per heavy atom. The summed E-state index contributed by atoms with van der Waals surface area (Å²) in [5.41, 5.74) is 1.21. The number of hydrogen-bond donors (Lipinski definition) is 1. The first-order valence-electron chi connectivity index (χ1n) is 7.97. The summed E-state index contributed by atoms with van der Waals surface area (Å²) in [5, 5.41) is 3.53. The first-order valence-corrected chi connectivity index (χ1v) is 7.97. The molecule has 0 spiro atoms. The summed E-state index contributed by atoms with van der Waals surface area (Å²) in [4.78, 5) is 14.9. The van der Waals surface area contributed by atoms with Gasteiger partial charge in [-0.3, -0.25) is 10.1 Å². The Hall–Kier alpha value is -1.35. The van der Waals surface area contributed by atoms with E-state index < -0.39 is 0 Å². The molecule has 21 heavy (non-hydrogen) atoms. The van der Waals surface area contributed by atoms with Gasteiger partial charge < -0.3 is 4.90 Å². The van der Waals surface area contributed by atoms with Crippen LogP contribution in [0, 0.1) is 11.3 Å². The van der Waals surface area contributed by atoms with Crippen molar-refractivity contribution < 1.29 is 4.79 Å². The van der Waals surface area contributed by atoms with Crippen LogP contribution in [0.5, 0.6) is 0 Å². The van der Waals surface area contributed by atoms with Crippen LogP contribution in [0.1, 0.15) is 52.6 Å². The Labute approximate surface area is 128 Å². The largest absolute Gasteiger partial charge is 0.325 e. The van der Waals surface area contributed by atoms with Gasteiger partial charge in [0.2, 0.25) is 5.91 Å². The molecule has 1 aliphatic heterocycles. The van der Waals surface area contributed by atoms with Gasteiger partial charge in [0.15, 0.2) is 0 Å². The van der Waals surface area contributed by atoms with Crippen molar-refractivity contribution in [3.63, 3.8) is 0 Å². The van der Waals surface area contributed by atoms with Crippen molar-refractivity contribution >= 4 is 5.91 Å². The fraction of sp³-hybridized carbons (Fsp3) is 0.611. The predicted octanol–water partition coefficient (Wildman–Crippen LogP) is 3.58. The fourth-order valence-electron chi connectivity index (χ4n) is 2.82. The van der Waals surface area contributed by atoms with Crippen molar-refractivity contribution in [1.82, 2.24) is 10.2 Å². The van der Waals surface area contributed by atoms with Crippen molar-refractivity contribution in [3.8, 4) is 0 Å². The van der Waals surface area contributed by atoms with Crippen LogP contribution in [0.3, 0.4) is 0 Å². The summed E-state index contributed by atoms with van der Waals surface area (Å²) < 4.78 is 0. The summed E-state index contributed by atoms with van der Waals surface area (Å²) in [6.45, 7) is 11.8. The molecule has 116 valence electrons. The molecule has 2 rings (SSSR count). The molecule has 0 aromatic heterocycles. The lowest BCUT2D eigenvalue weighted by Crippen LogP contribution is -2.45. The van der Waals surface area contributed by atoms with E-state index in [9.17, 15) is 4.79 Å². The van der Waals surface area contributed by atoms with Crippen molar-refractivity contribution in [2.75, 3.05) is 6.54 Å². The van der Waals surface area contributed by atoms with Crippen molar-refractivity contribution in [2.45, 2.75) is 53.2 Å². The van der Waals surface area contributed by atoms with E-state index in [1.807, 2.05) is 35.2 Å². The van der Waals surface area contributed by atoms with Crippen LogP contribution in [-0.4, -0.2) is 23.5 Å². The van der Waals surface area contributed by atoms with E-state index in [-0.39, 0.29) is 23.5 Å². The molecule has 1 aromatic rings. The minimum Gasteiger partial charge on any atom is -0.325 e. The molecule has 1 fully saturated rings. The van der Waals surface area contributed by atoms with E-state index in [2.05, 4.69) is 39.9 Å². The number of carbonyl (C=O) groups excluding carboxylic acids is 1. The first kappa shape index (κ1) is 16.0. The molecular formula is C18H28N2O. The third-order valence-electron chi connectivity index (χ3n) is 4.52. The molecule has 0 bridgehead atoms. The predicted molar refractivity (Wildman–Crippen MR) is 86.7 cm³/mol. The lowest BCUT2D eigenvalue weighted by molar-refractivity contribution is -0.132. The molecule has 2 atom stereocenters. The van der Waals surface area contributed by atoms with Crippen LogP contribution in [-0.2, 0) is 4.79 Å². The van der Waals surface area contributed by atoms with Gasteiger partial charge >= 0.3 is 0 Å². The lowest BCUT2D eigenvalue weighted by Gasteiger charge is -2.34. The van der Waals surface area contributed by atoms with Crippen LogP contribution in [0.25, 0.3) is 0 Å². The summed E-state index contributed by atoms with van der Waals surface area (Å²) >= 11 is 0. The molecule has 1 aliphatic rings. The number of amides is 1. The molecular weight excluding hydrogens is 260 g/mol. The van der Waals surface area contributed by atoms with Gasteiger partial charge in [0, 0.05) is 6.54 Å². The summed E-state index contributed by atoms with van der Waals surface area (Å²) in [7, 11) is 0. The van der Waals surface area contributed by atoms with Crippen molar-refractivity contribution in [2.24, 2.45) is 11.3 Å². The third kappa shape index (κ3) is 3.46. The Morgan fingerprint density at radius 2 is 1.86 bits per heavy atom. The van der Waals surface area contributed by atoms with E-state index in [0.29, 0.717) is 5.92 Å². The maximum Gasteiger partial charge on any atom is 0.245 e. The van der Waals surface area contributed by atoms with Gasteiger partial charge in [-0.05, 0) is 23.3 Å². The van der Waals surface area contributed by atoms with Crippen LogP contribution >= 0.6 is 0 Å². The third-order valence-corrected chi connectivity index (χ3v) is 4.52. The summed E-state index contributed by atoms with van der Waals surface area (Å²) in [6.07, 6.45) is 1.19. The molecule has 2 unspecified atom stereocenters. The molecule has 1 aromatic carbocycles. The highest BCUT2D eigenvalue weighted by molar-refractivity contribution is 5.85. The van der Waals surface area contributed by atoms with Crippen molar-refractivity contribution in [1.29, 1.82) is 0 Å². The molecule has 1 saturated heterocycles. The maximum atomic E-state index is 12.9. The lowest BCUT2D eigenvalue weighted by atomic mass is 9.89. The van der Waals surface area contributed by atoms with Gasteiger partial charge in [-0.15, -0.1) is 0 Å². The topological polar surface area (TPSA) is 32.3 Å². The zero-order chi connectivity index (χ0) is 15.6. The Kier molecular flexibility index (Phi) is 4.72. The monoisotopic (exact) mass is 288 g/mol. The second-order valence-corrected chi connectivity index (χ2v) is 7.18. The zero-order valence-corrected chi connectivity index (χ0v) is 13.9. The van der Waals surface area contributed by atoms with Gasteiger partial charge in [0.25, 0.3) is 0 Å². The highest BCUT2D eigenvalue weighted by atomic mass is 16.2. The standard InChI is InChI=1S/C18H28N2O/c1-6-18(4,5)12-20-16(13(2)3)19-15(17(20)21)14-10-8-7-9-11-14/h7-11,13,15-16,19H,6,12H2,1-5H3. The van der Waals surface area contributed by atoms with Crippen molar-refractivity contribution in [3.05, 3.63) is 35.9 Å². The summed E-state index contributed by atoms with van der Waals surface area (Å²) in [6, 6.07) is 9.83. The zero-order valence-electron chi connectivity index (χ0n) is 13.9. The maximum absolute atomic E-state index is 12.9. The van der Waals surface area contributed by atoms with Crippen LogP contribution < -0.4 is 5.32 Å². The van der Waals surface area contributed by atoms with Gasteiger partial charge in [-0.25, -0.2) is 0 Å². The van der Waals surface area contributed by atoms with Gasteiger partial charge in [-0.2, -0.15) is 0 Å². The highest BCUT2D eigenvalue weighted by Crippen LogP contribution is 2.31. The van der Waals surface area contributed by atoms with E-state index in [1.165, 1.54) is 0 Å². The number of nitrogens with zero attached hydrogens (tertiary/aromatic N) is 1. The number of nitrogens with one attached hydrogen (secondary N) is 1. The molecule has 1 amide bonds. The van der Waals surface area contributed by atoms with Gasteiger partial charge in [0.05, 0.1) is 6.17 Å². The molecule has 1 heterocycles. The second-order valence-electron chi connectivity index (χ2n) is 7.18. The number of carbonyl (C=O) groups is 1.